The van der Waals surface area contributed by atoms with Gasteiger partial charge in [0.1, 0.15) is 10.5 Å². The average molecular weight is 294 g/mol. The fourth-order valence-electron chi connectivity index (χ4n) is 1.27. The Labute approximate surface area is 109 Å². The molecule has 0 N–H and O–H groups in total. The van der Waals surface area contributed by atoms with Crippen molar-refractivity contribution in [2.45, 2.75) is 37.8 Å². The molecule has 0 radical (unpaired) electrons. The van der Waals surface area contributed by atoms with Crippen molar-refractivity contribution >= 4 is 9.84 Å². The second-order valence-electron chi connectivity index (χ2n) is 4.97. The van der Waals surface area contributed by atoms with Crippen molar-refractivity contribution in [1.82, 2.24) is 0 Å². The van der Waals surface area contributed by atoms with Crippen LogP contribution in [-0.2, 0) is 9.84 Å². The summed E-state index contributed by atoms with van der Waals surface area (Å²) in [7, 11) is -3.95. The van der Waals surface area contributed by atoms with Crippen LogP contribution in [0.2, 0.25) is 0 Å². The molecule has 0 amide bonds. The number of sulfone groups is 1. The minimum absolute atomic E-state index is 0.0846. The largest absolute Gasteiger partial charge is 0.595 e. The molecule has 1 rings (SSSR count). The highest BCUT2D eigenvalue weighted by Gasteiger charge is 2.53. The third-order valence-corrected chi connectivity index (χ3v) is 3.14. The second kappa shape index (κ2) is 4.68. The fraction of sp³-hybridized carbons (Fsp3) is 1.00. The number of hydrogen-bond donors (Lipinski definition) is 0. The average Bonchev–Trinajstić information content (AvgIpc) is 2.11. The lowest BCUT2D eigenvalue weighted by molar-refractivity contribution is -0.844. The van der Waals surface area contributed by atoms with E-state index in [1.165, 1.54) is 0 Å². The van der Waals surface area contributed by atoms with E-state index in [0.717, 1.165) is 6.26 Å². The van der Waals surface area contributed by atoms with Gasteiger partial charge in [0, 0.05) is 16.2 Å². The highest BCUT2D eigenvalue weighted by molar-refractivity contribution is 7.91. The molecule has 19 heavy (non-hydrogen) atoms. The van der Waals surface area contributed by atoms with E-state index in [0.29, 0.717) is 0 Å². The van der Waals surface area contributed by atoms with Crippen LogP contribution >= 0.6 is 0 Å². The Kier molecular flexibility index (Phi) is 3.74. The summed E-state index contributed by atoms with van der Waals surface area (Å²) in [6, 6.07) is 0. The summed E-state index contributed by atoms with van der Waals surface area (Å²) in [4.78, 5) is -0.827. The van der Waals surface area contributed by atoms with Gasteiger partial charge in [0.2, 0.25) is 0 Å². The first-order valence-electron chi connectivity index (χ1n) is 5.16. The van der Waals surface area contributed by atoms with E-state index < -0.39 is 31.9 Å². The Morgan fingerprint density at radius 1 is 1.32 bits per heavy atom. The predicted octanol–water partition coefficient (Wildman–Crippen LogP) is 0.298. The second-order valence-corrected chi connectivity index (χ2v) is 7.11. The Hall–Kier alpha value is -1.85. The molecule has 12 heteroatoms. The molecule has 0 fully saturated rings. The lowest BCUT2D eigenvalue weighted by Crippen LogP contribution is -2.47. The predicted molar refractivity (Wildman–Crippen MR) is 60.3 cm³/mol. The Morgan fingerprint density at radius 3 is 2.26 bits per heavy atom. The van der Waals surface area contributed by atoms with Crippen molar-refractivity contribution in [3.63, 3.8) is 0 Å². The molecule has 0 bridgehead atoms. The zero-order chi connectivity index (χ0) is 15.0. The number of nitrogens with zero attached hydrogens (tertiary/aromatic N) is 6. The molecule has 0 spiro atoms. The van der Waals surface area contributed by atoms with Gasteiger partial charge in [-0.05, 0) is 30.7 Å². The molecule has 0 aromatic rings. The van der Waals surface area contributed by atoms with E-state index in [-0.39, 0.29) is 9.72 Å². The lowest BCUT2D eigenvalue weighted by Gasteiger charge is -2.17. The molecule has 108 valence electrons. The molecule has 11 nitrogen and oxygen atoms in total. The Morgan fingerprint density at radius 2 is 1.84 bits per heavy atom. The van der Waals surface area contributed by atoms with Crippen LogP contribution in [0.3, 0.4) is 0 Å². The van der Waals surface area contributed by atoms with Gasteiger partial charge in [0.05, 0.1) is 0 Å². The van der Waals surface area contributed by atoms with Crippen molar-refractivity contribution in [3.8, 4) is 0 Å². The van der Waals surface area contributed by atoms with Gasteiger partial charge in [-0.25, -0.2) is 8.42 Å². The summed E-state index contributed by atoms with van der Waals surface area (Å²) in [5, 5.41) is 41.8. The van der Waals surface area contributed by atoms with Crippen LogP contribution in [0.4, 0.5) is 0 Å². The van der Waals surface area contributed by atoms with E-state index in [4.69, 9.17) is 0 Å². The van der Waals surface area contributed by atoms with Gasteiger partial charge in [0.15, 0.2) is 9.84 Å². The van der Waals surface area contributed by atoms with E-state index in [9.17, 15) is 24.0 Å². The molecular weight excluding hydrogens is 280 g/mol. The third-order valence-electron chi connectivity index (χ3n) is 1.92. The molecule has 2 unspecified atom stereocenters. The smallest absolute Gasteiger partial charge is 0.457 e. The first-order valence-corrected chi connectivity index (χ1v) is 7.11. The van der Waals surface area contributed by atoms with Crippen molar-refractivity contribution < 1.29 is 23.1 Å². The summed E-state index contributed by atoms with van der Waals surface area (Å²) in [6.07, 6.45) is -1.11. The Bertz CT molecular complexity index is 559. The number of rotatable bonds is 2. The molecule has 0 saturated heterocycles. The van der Waals surface area contributed by atoms with Gasteiger partial charge in [-0.3, -0.25) is 0 Å². The molecule has 0 aromatic heterocycles. The van der Waals surface area contributed by atoms with Gasteiger partial charge in [-0.15, -0.1) is 0 Å². The summed E-state index contributed by atoms with van der Waals surface area (Å²) in [6.45, 7) is 4.75. The van der Waals surface area contributed by atoms with Gasteiger partial charge >= 0.3 is 16.8 Å². The zero-order valence-corrected chi connectivity index (χ0v) is 11.6. The van der Waals surface area contributed by atoms with Gasteiger partial charge < -0.3 is 15.6 Å². The minimum Gasteiger partial charge on any atom is -0.595 e. The molecule has 2 atom stereocenters. The topological polar surface area (TPSA) is 149 Å². The summed E-state index contributed by atoms with van der Waals surface area (Å²) in [5.41, 5.74) is -0.834. The fourth-order valence-corrected chi connectivity index (χ4v) is 2.18. The Balaban J connectivity index is 3.31. The van der Waals surface area contributed by atoms with Crippen LogP contribution in [0.15, 0.2) is 15.5 Å². The summed E-state index contributed by atoms with van der Waals surface area (Å²) in [5.74, 6) is 0. The van der Waals surface area contributed by atoms with Gasteiger partial charge in [-0.2, -0.15) is 0 Å². The van der Waals surface area contributed by atoms with Crippen molar-refractivity contribution in [2.24, 2.45) is 15.5 Å². The maximum atomic E-state index is 11.8. The van der Waals surface area contributed by atoms with Crippen LogP contribution < -0.4 is 0 Å². The molecular formula is C7H14N6O5S. The molecule has 1 heterocycles. The van der Waals surface area contributed by atoms with E-state index in [1.54, 1.807) is 20.8 Å². The number of hydroxylamine groups is 2. The van der Waals surface area contributed by atoms with Crippen LogP contribution in [0.25, 0.3) is 0 Å². The minimum atomic E-state index is -3.95. The molecule has 0 aromatic carbocycles. The van der Waals surface area contributed by atoms with Crippen LogP contribution in [0.1, 0.15) is 20.8 Å². The molecule has 0 saturated carbocycles. The highest BCUT2D eigenvalue weighted by atomic mass is 32.2. The van der Waals surface area contributed by atoms with Crippen LogP contribution in [-0.4, -0.2) is 46.4 Å². The number of azo groups is 1. The quantitative estimate of drug-likeness (QED) is 0.310. The van der Waals surface area contributed by atoms with Gasteiger partial charge in [0.25, 0.3) is 0 Å². The third kappa shape index (κ3) is 3.81. The van der Waals surface area contributed by atoms with E-state index in [2.05, 4.69) is 15.5 Å². The van der Waals surface area contributed by atoms with E-state index >= 15 is 0 Å². The molecule has 1 aliphatic rings. The van der Waals surface area contributed by atoms with Crippen molar-refractivity contribution in [1.29, 1.82) is 0 Å². The molecule has 1 aliphatic heterocycles. The maximum Gasteiger partial charge on any atom is 0.457 e. The first kappa shape index (κ1) is 15.2. The summed E-state index contributed by atoms with van der Waals surface area (Å²) >= 11 is 0. The van der Waals surface area contributed by atoms with Crippen LogP contribution in [0.5, 0.6) is 0 Å². The van der Waals surface area contributed by atoms with E-state index in [1.807, 2.05) is 0 Å². The monoisotopic (exact) mass is 294 g/mol. The van der Waals surface area contributed by atoms with Crippen LogP contribution in [0, 0.1) is 15.6 Å². The lowest BCUT2D eigenvalue weighted by atomic mass is 10.1. The first-order chi connectivity index (χ1) is 8.42. The normalized spacial score (nSPS) is 25.8. The maximum absolute atomic E-state index is 11.8. The SMILES string of the molecule is CC(C)(C)N=[N+]([O-])C1C(S(C)(=O)=O)N=[N+]([O-])N=[N+]1[O-]. The highest BCUT2D eigenvalue weighted by Crippen LogP contribution is 2.18. The number of hydrogen-bond acceptors (Lipinski definition) is 8. The van der Waals surface area contributed by atoms with Gasteiger partial charge in [-0.1, -0.05) is 0 Å². The molecule has 0 aliphatic carbocycles. The zero-order valence-electron chi connectivity index (χ0n) is 10.8. The standard InChI is InChI=1S/C7H14N6O5S/c1-7(2,3)9-11(14)6-5(19(4,17)18)8-13(16)10-12(6)15/h5-6H,1-4H3. The van der Waals surface area contributed by atoms with Crippen molar-refractivity contribution in [3.05, 3.63) is 15.6 Å². The summed E-state index contributed by atoms with van der Waals surface area (Å²) < 4.78 is 23.0. The van der Waals surface area contributed by atoms with Crippen molar-refractivity contribution in [2.75, 3.05) is 6.26 Å².